The zero-order valence-electron chi connectivity index (χ0n) is 22.8. The Morgan fingerprint density at radius 3 is 2.12 bits per heavy atom. The highest BCUT2D eigenvalue weighted by Gasteiger charge is 2.38. The Morgan fingerprint density at radius 1 is 1.02 bits per heavy atom. The van der Waals surface area contributed by atoms with Gasteiger partial charge in [0.05, 0.1) is 0 Å². The molecular weight excluding hydrogens is 605 g/mol. The van der Waals surface area contributed by atoms with Crippen LogP contribution in [0.3, 0.4) is 0 Å². The minimum absolute atomic E-state index is 0.00860. The van der Waals surface area contributed by atoms with E-state index in [9.17, 15) is 30.4 Å². The molecule has 3 heterocycles. The van der Waals surface area contributed by atoms with Crippen molar-refractivity contribution in [3.63, 3.8) is 0 Å². The molecule has 0 saturated carbocycles. The number of benzene rings is 1. The molecule has 0 amide bonds. The smallest absolute Gasteiger partial charge is 0.475 e. The number of methoxy groups -OCH3 is 1. The summed E-state index contributed by atoms with van der Waals surface area (Å²) < 4.78 is 96.8. The van der Waals surface area contributed by atoms with E-state index in [2.05, 4.69) is 29.9 Å². The number of para-hydroxylation sites is 1. The van der Waals surface area contributed by atoms with Crippen molar-refractivity contribution in [1.82, 2.24) is 29.7 Å². The molecule has 18 heteroatoms. The Balaban J connectivity index is 0.000000646. The van der Waals surface area contributed by atoms with Crippen LogP contribution >= 0.6 is 0 Å². The lowest BCUT2D eigenvalue weighted by atomic mass is 10.2. The Morgan fingerprint density at radius 2 is 1.60 bits per heavy atom. The first-order chi connectivity index (χ1) is 20.1. The van der Waals surface area contributed by atoms with Gasteiger partial charge in [-0.2, -0.15) is 13.2 Å². The second-order valence-corrected chi connectivity index (χ2v) is 11.0. The Kier molecular flexibility index (Phi) is 10.1. The van der Waals surface area contributed by atoms with E-state index in [-0.39, 0.29) is 11.6 Å². The molecule has 0 fully saturated rings. The van der Waals surface area contributed by atoms with Crippen LogP contribution in [0.25, 0.3) is 17.1 Å². The van der Waals surface area contributed by atoms with E-state index in [0.717, 1.165) is 27.8 Å². The number of alkyl halides is 3. The van der Waals surface area contributed by atoms with E-state index < -0.39 is 56.8 Å². The highest BCUT2D eigenvalue weighted by Crippen LogP contribution is 2.31. The summed E-state index contributed by atoms with van der Waals surface area (Å²) in [6.07, 6.45) is -0.00736. The topological polar surface area (TPSA) is 162 Å². The van der Waals surface area contributed by atoms with Crippen LogP contribution in [-0.4, -0.2) is 67.7 Å². The Bertz CT molecular complexity index is 1680. The number of hydrogen-bond acceptors (Lipinski definition) is 9. The summed E-state index contributed by atoms with van der Waals surface area (Å²) in [5.41, 5.74) is 1.38. The van der Waals surface area contributed by atoms with Gasteiger partial charge in [0.2, 0.25) is 16.0 Å². The first-order valence-electron chi connectivity index (χ1n) is 12.0. The van der Waals surface area contributed by atoms with Gasteiger partial charge in [0.25, 0.3) is 0 Å². The molecule has 0 saturated heterocycles. The quantitative estimate of drug-likeness (QED) is 0.271. The predicted octanol–water partition coefficient (Wildman–Crippen LogP) is 4.17. The zero-order valence-corrected chi connectivity index (χ0v) is 23.7. The molecule has 3 aromatic heterocycles. The first-order valence-corrected chi connectivity index (χ1v) is 13.6. The van der Waals surface area contributed by atoms with E-state index >= 15 is 0 Å². The van der Waals surface area contributed by atoms with Crippen molar-refractivity contribution in [3.05, 3.63) is 77.6 Å². The van der Waals surface area contributed by atoms with Crippen LogP contribution in [0, 0.1) is 25.5 Å². The number of pyridine rings is 1. The average molecular weight is 630 g/mol. The molecule has 0 spiro atoms. The number of hydrogen-bond donors (Lipinski definition) is 2. The summed E-state index contributed by atoms with van der Waals surface area (Å²) >= 11 is 0. The van der Waals surface area contributed by atoms with Gasteiger partial charge in [0.1, 0.15) is 28.7 Å². The fourth-order valence-corrected chi connectivity index (χ4v) is 4.70. The van der Waals surface area contributed by atoms with Crippen molar-refractivity contribution in [2.75, 3.05) is 11.8 Å². The monoisotopic (exact) mass is 629 g/mol. The number of aryl methyl sites for hydroxylation is 2. The zero-order chi connectivity index (χ0) is 32.1. The third-order valence-electron chi connectivity index (χ3n) is 5.66. The highest BCUT2D eigenvalue weighted by molar-refractivity contribution is 7.93. The van der Waals surface area contributed by atoms with Crippen molar-refractivity contribution in [2.45, 2.75) is 38.3 Å². The molecular formula is C25H24F5N7O5S. The lowest BCUT2D eigenvalue weighted by Crippen LogP contribution is -2.33. The van der Waals surface area contributed by atoms with Gasteiger partial charge >= 0.3 is 12.1 Å². The summed E-state index contributed by atoms with van der Waals surface area (Å²) in [7, 11) is -2.92. The van der Waals surface area contributed by atoms with Crippen molar-refractivity contribution in [1.29, 1.82) is 0 Å². The highest BCUT2D eigenvalue weighted by atomic mass is 32.2. The number of nitrogens with zero attached hydrogens (tertiary/aromatic N) is 6. The van der Waals surface area contributed by atoms with E-state index in [1.54, 1.807) is 38.5 Å². The van der Waals surface area contributed by atoms with Gasteiger partial charge < -0.3 is 9.84 Å². The van der Waals surface area contributed by atoms with Crippen LogP contribution in [-0.2, 0) is 19.6 Å². The number of anilines is 1. The van der Waals surface area contributed by atoms with Gasteiger partial charge in [0.15, 0.2) is 11.6 Å². The number of halogens is 5. The number of sulfonamides is 1. The third-order valence-corrected chi connectivity index (χ3v) is 7.35. The second-order valence-electron chi connectivity index (χ2n) is 8.93. The summed E-state index contributed by atoms with van der Waals surface area (Å²) in [6, 6.07) is 4.98. The normalized spacial score (nSPS) is 13.0. The summed E-state index contributed by atoms with van der Waals surface area (Å²) in [5, 5.41) is 13.8. The van der Waals surface area contributed by atoms with Crippen molar-refractivity contribution < 1.29 is 45.0 Å². The number of carboxylic acid groups (broad SMARTS) is 1. The minimum atomic E-state index is -5.08. The van der Waals surface area contributed by atoms with E-state index in [4.69, 9.17) is 14.6 Å². The van der Waals surface area contributed by atoms with E-state index in [1.807, 2.05) is 0 Å². The molecule has 2 atom stereocenters. The maximum atomic E-state index is 14.9. The molecule has 0 aliphatic rings. The number of nitrogens with one attached hydrogen (secondary N) is 1. The standard InChI is InChI=1S/C23H23F2N7O3S.C2HF3O2/c1-13-8-16(12-26-9-13)22-29-30-23(32(22)19-17(24)6-5-7-18(19)25)31-36(33,34)15(3)20(35-4)21-27-10-14(2)11-28-21;3-2(4,5)1(6)7/h5-12,15,20H,1-4H3,(H,30,31);(H,6,7)/t15-,20-;/m0./s1. The minimum Gasteiger partial charge on any atom is -0.475 e. The number of carboxylic acids is 1. The summed E-state index contributed by atoms with van der Waals surface area (Å²) in [5.74, 6) is -4.89. The van der Waals surface area contributed by atoms with Gasteiger partial charge in [0, 0.05) is 37.5 Å². The SMILES string of the molecule is CO[C@H](c1ncc(C)cn1)[C@H](C)S(=O)(=O)Nc1nnc(-c2cncc(C)c2)n1-c1c(F)cccc1F.O=C(O)C(F)(F)F. The van der Waals surface area contributed by atoms with Gasteiger partial charge in [-0.05, 0) is 50.1 Å². The Labute approximate surface area is 241 Å². The van der Waals surface area contributed by atoms with Gasteiger partial charge in [-0.15, -0.1) is 10.2 Å². The first kappa shape index (κ1) is 32.9. The van der Waals surface area contributed by atoms with Crippen LogP contribution in [0.4, 0.5) is 27.9 Å². The maximum absolute atomic E-state index is 14.9. The molecule has 43 heavy (non-hydrogen) atoms. The van der Waals surface area contributed by atoms with Crippen molar-refractivity contribution in [2.24, 2.45) is 0 Å². The van der Waals surface area contributed by atoms with Gasteiger partial charge in [-0.3, -0.25) is 14.3 Å². The average Bonchev–Trinajstić information content (AvgIpc) is 3.32. The molecule has 0 aliphatic carbocycles. The van der Waals surface area contributed by atoms with Gasteiger partial charge in [-0.1, -0.05) is 6.07 Å². The molecule has 0 radical (unpaired) electrons. The maximum Gasteiger partial charge on any atom is 0.490 e. The molecule has 0 unspecified atom stereocenters. The molecule has 4 aromatic rings. The number of rotatable bonds is 8. The lowest BCUT2D eigenvalue weighted by Gasteiger charge is -2.22. The molecule has 0 aliphatic heterocycles. The summed E-state index contributed by atoms with van der Waals surface area (Å²) in [6.45, 7) is 4.98. The van der Waals surface area contributed by atoms with Crippen molar-refractivity contribution in [3.8, 4) is 17.1 Å². The van der Waals surface area contributed by atoms with Crippen LogP contribution in [0.15, 0.2) is 49.1 Å². The molecule has 2 N–H and O–H groups in total. The molecule has 230 valence electrons. The van der Waals surface area contributed by atoms with Crippen LogP contribution in [0.2, 0.25) is 0 Å². The molecule has 0 bridgehead atoms. The molecule has 4 rings (SSSR count). The predicted molar refractivity (Wildman–Crippen MR) is 141 cm³/mol. The fourth-order valence-electron chi connectivity index (χ4n) is 3.57. The van der Waals surface area contributed by atoms with Crippen LogP contribution < -0.4 is 4.72 Å². The van der Waals surface area contributed by atoms with Crippen molar-refractivity contribution >= 4 is 21.9 Å². The van der Waals surface area contributed by atoms with Gasteiger partial charge in [-0.25, -0.2) is 32.0 Å². The number of aromatic nitrogens is 6. The number of ether oxygens (including phenoxy) is 1. The van der Waals surface area contributed by atoms with E-state index in [0.29, 0.717) is 5.56 Å². The van der Waals surface area contributed by atoms with E-state index in [1.165, 1.54) is 26.3 Å². The number of aliphatic carboxylic acids is 1. The second kappa shape index (κ2) is 13.2. The fraction of sp³-hybridized carbons (Fsp3) is 0.280. The molecule has 12 nitrogen and oxygen atoms in total. The largest absolute Gasteiger partial charge is 0.490 e. The van der Waals surface area contributed by atoms with Crippen LogP contribution in [0.5, 0.6) is 0 Å². The number of carbonyl (C=O) groups is 1. The summed E-state index contributed by atoms with van der Waals surface area (Å²) in [4.78, 5) is 21.3. The third kappa shape index (κ3) is 7.83. The van der Waals surface area contributed by atoms with Crippen LogP contribution in [0.1, 0.15) is 30.0 Å². The lowest BCUT2D eigenvalue weighted by molar-refractivity contribution is -0.192. The Hall–Kier alpha value is -4.58. The molecule has 1 aromatic carbocycles.